The predicted octanol–water partition coefficient (Wildman–Crippen LogP) is 3.60. The first-order valence-corrected chi connectivity index (χ1v) is 5.61. The molecule has 0 unspecified atom stereocenters. The van der Waals surface area contributed by atoms with Crippen molar-refractivity contribution in [1.82, 2.24) is 9.78 Å². The van der Waals surface area contributed by atoms with E-state index in [0.717, 1.165) is 15.6 Å². The highest BCUT2D eigenvalue weighted by Gasteiger charge is 2.15. The minimum Gasteiger partial charge on any atom is -0.271 e. The Hall–Kier alpha value is -0.900. The van der Waals surface area contributed by atoms with Gasteiger partial charge in [-0.1, -0.05) is 29.8 Å². The van der Waals surface area contributed by atoms with E-state index in [1.54, 1.807) is 4.68 Å². The van der Waals surface area contributed by atoms with E-state index in [0.29, 0.717) is 11.4 Å². The fraction of sp³-hybridized carbons (Fsp3) is 0.364. The molecule has 1 aromatic carbocycles. The molecule has 15 heavy (non-hydrogen) atoms. The van der Waals surface area contributed by atoms with E-state index >= 15 is 0 Å². The molecule has 1 aromatic heterocycles. The third-order valence-corrected chi connectivity index (χ3v) is 2.91. The Kier molecular flexibility index (Phi) is 2.54. The fourth-order valence-electron chi connectivity index (χ4n) is 1.93. The van der Waals surface area contributed by atoms with E-state index in [1.807, 2.05) is 13.1 Å². The smallest absolute Gasteiger partial charge is 0.152 e. The van der Waals surface area contributed by atoms with Gasteiger partial charge in [-0.15, -0.1) is 0 Å². The average molecular weight is 271 g/mol. The van der Waals surface area contributed by atoms with Crippen molar-refractivity contribution in [3.05, 3.63) is 28.1 Å². The zero-order valence-corrected chi connectivity index (χ0v) is 10.5. The molecule has 0 fully saturated rings. The van der Waals surface area contributed by atoms with Crippen LogP contribution in [0, 0.1) is 5.82 Å². The van der Waals surface area contributed by atoms with Crippen LogP contribution in [-0.2, 0) is 7.05 Å². The molecule has 80 valence electrons. The summed E-state index contributed by atoms with van der Waals surface area (Å²) in [6.45, 7) is 4.16. The van der Waals surface area contributed by atoms with Gasteiger partial charge in [0.15, 0.2) is 5.82 Å². The highest BCUT2D eigenvalue weighted by atomic mass is 79.9. The van der Waals surface area contributed by atoms with Gasteiger partial charge in [-0.25, -0.2) is 4.39 Å². The summed E-state index contributed by atoms with van der Waals surface area (Å²) in [5.74, 6) is 0.0515. The van der Waals surface area contributed by atoms with Crippen LogP contribution in [-0.4, -0.2) is 9.78 Å². The Morgan fingerprint density at radius 1 is 1.40 bits per heavy atom. The molecule has 4 heteroatoms. The molecule has 0 saturated carbocycles. The second kappa shape index (κ2) is 3.59. The minimum absolute atomic E-state index is 0.276. The number of aryl methyl sites for hydroxylation is 1. The minimum atomic E-state index is -0.276. The molecule has 0 spiro atoms. The van der Waals surface area contributed by atoms with Gasteiger partial charge in [0.1, 0.15) is 5.52 Å². The summed E-state index contributed by atoms with van der Waals surface area (Å²) in [5, 5.41) is 5.08. The number of benzene rings is 1. The summed E-state index contributed by atoms with van der Waals surface area (Å²) in [6, 6.07) is 3.36. The molecule has 0 aliphatic carbocycles. The maximum atomic E-state index is 13.6. The molecule has 2 rings (SSSR count). The quantitative estimate of drug-likeness (QED) is 0.774. The first kappa shape index (κ1) is 10.6. The second-order valence-electron chi connectivity index (χ2n) is 3.95. The van der Waals surface area contributed by atoms with Crippen LogP contribution in [0.1, 0.15) is 25.5 Å². The lowest BCUT2D eigenvalue weighted by atomic mass is 10.1. The third-order valence-electron chi connectivity index (χ3n) is 2.45. The van der Waals surface area contributed by atoms with Crippen LogP contribution in [0.3, 0.4) is 0 Å². The lowest BCUT2D eigenvalue weighted by Crippen LogP contribution is -1.99. The second-order valence-corrected chi connectivity index (χ2v) is 4.86. The lowest BCUT2D eigenvalue weighted by Gasteiger charge is -2.05. The molecule has 0 amide bonds. The van der Waals surface area contributed by atoms with E-state index in [2.05, 4.69) is 34.9 Å². The van der Waals surface area contributed by atoms with Crippen LogP contribution < -0.4 is 0 Å². The number of hydrogen-bond donors (Lipinski definition) is 0. The van der Waals surface area contributed by atoms with Gasteiger partial charge in [0.25, 0.3) is 0 Å². The van der Waals surface area contributed by atoms with E-state index in [1.165, 1.54) is 6.07 Å². The summed E-state index contributed by atoms with van der Waals surface area (Å²) >= 11 is 3.30. The topological polar surface area (TPSA) is 17.8 Å². The van der Waals surface area contributed by atoms with Crippen molar-refractivity contribution >= 4 is 26.8 Å². The lowest BCUT2D eigenvalue weighted by molar-refractivity contribution is 0.628. The molecule has 0 saturated heterocycles. The van der Waals surface area contributed by atoms with E-state index in [-0.39, 0.29) is 5.82 Å². The number of fused-ring (bicyclic) bond motifs is 1. The van der Waals surface area contributed by atoms with Crippen molar-refractivity contribution < 1.29 is 4.39 Å². The largest absolute Gasteiger partial charge is 0.271 e. The summed E-state index contributed by atoms with van der Waals surface area (Å²) in [6.07, 6.45) is 0. The van der Waals surface area contributed by atoms with Crippen LogP contribution in [0.5, 0.6) is 0 Å². The molecule has 0 atom stereocenters. The average Bonchev–Trinajstić information content (AvgIpc) is 2.41. The van der Waals surface area contributed by atoms with E-state index in [4.69, 9.17) is 0 Å². The van der Waals surface area contributed by atoms with Gasteiger partial charge in [0, 0.05) is 22.6 Å². The zero-order chi connectivity index (χ0) is 11.2. The van der Waals surface area contributed by atoms with Crippen LogP contribution in [0.15, 0.2) is 16.6 Å². The first-order valence-electron chi connectivity index (χ1n) is 4.82. The van der Waals surface area contributed by atoms with Crippen LogP contribution >= 0.6 is 15.9 Å². The normalized spacial score (nSPS) is 11.6. The number of aromatic nitrogens is 2. The molecule has 0 aliphatic heterocycles. The molecule has 2 aromatic rings. The molecule has 0 radical (unpaired) electrons. The summed E-state index contributed by atoms with van der Waals surface area (Å²) < 4.78 is 16.1. The number of halogens is 2. The number of hydrogen-bond acceptors (Lipinski definition) is 1. The highest BCUT2D eigenvalue weighted by molar-refractivity contribution is 9.10. The maximum Gasteiger partial charge on any atom is 0.152 e. The van der Waals surface area contributed by atoms with Crippen molar-refractivity contribution in [3.63, 3.8) is 0 Å². The van der Waals surface area contributed by atoms with E-state index < -0.39 is 0 Å². The SMILES string of the molecule is CC(C)c1c2cc(Br)cc(F)c2nn1C. The molecular weight excluding hydrogens is 259 g/mol. The van der Waals surface area contributed by atoms with Crippen LogP contribution in [0.25, 0.3) is 10.9 Å². The molecule has 0 aliphatic rings. The fourth-order valence-corrected chi connectivity index (χ4v) is 2.36. The van der Waals surface area contributed by atoms with Crippen molar-refractivity contribution in [2.45, 2.75) is 19.8 Å². The molecule has 2 nitrogen and oxygen atoms in total. The van der Waals surface area contributed by atoms with Crippen LogP contribution in [0.4, 0.5) is 4.39 Å². The first-order chi connectivity index (χ1) is 7.00. The molecule has 0 N–H and O–H groups in total. The molecule has 1 heterocycles. The predicted molar refractivity (Wildman–Crippen MR) is 62.5 cm³/mol. The summed E-state index contributed by atoms with van der Waals surface area (Å²) in [5.41, 5.74) is 1.51. The van der Waals surface area contributed by atoms with Crippen molar-refractivity contribution in [2.75, 3.05) is 0 Å². The van der Waals surface area contributed by atoms with Crippen molar-refractivity contribution in [2.24, 2.45) is 7.05 Å². The van der Waals surface area contributed by atoms with Gasteiger partial charge in [0.2, 0.25) is 0 Å². The maximum absolute atomic E-state index is 13.6. The molecule has 0 bridgehead atoms. The third kappa shape index (κ3) is 1.67. The van der Waals surface area contributed by atoms with Gasteiger partial charge < -0.3 is 0 Å². The zero-order valence-electron chi connectivity index (χ0n) is 8.88. The highest BCUT2D eigenvalue weighted by Crippen LogP contribution is 2.29. The van der Waals surface area contributed by atoms with Gasteiger partial charge >= 0.3 is 0 Å². The Labute approximate surface area is 96.2 Å². The Morgan fingerprint density at radius 3 is 2.67 bits per heavy atom. The van der Waals surface area contributed by atoms with Crippen LogP contribution in [0.2, 0.25) is 0 Å². The van der Waals surface area contributed by atoms with Crippen molar-refractivity contribution in [1.29, 1.82) is 0 Å². The Morgan fingerprint density at radius 2 is 2.07 bits per heavy atom. The van der Waals surface area contributed by atoms with Gasteiger partial charge in [0.05, 0.1) is 0 Å². The Bertz CT molecular complexity index is 517. The van der Waals surface area contributed by atoms with Gasteiger partial charge in [-0.2, -0.15) is 5.10 Å². The van der Waals surface area contributed by atoms with Gasteiger partial charge in [-0.3, -0.25) is 4.68 Å². The summed E-state index contributed by atoms with van der Waals surface area (Å²) in [7, 11) is 1.85. The standard InChI is InChI=1S/C11H12BrFN2/c1-6(2)11-8-4-7(12)5-9(13)10(8)14-15(11)3/h4-6H,1-3H3. The molecular formula is C11H12BrFN2. The number of rotatable bonds is 1. The summed E-state index contributed by atoms with van der Waals surface area (Å²) in [4.78, 5) is 0. The van der Waals surface area contributed by atoms with Crippen molar-refractivity contribution in [3.8, 4) is 0 Å². The van der Waals surface area contributed by atoms with Gasteiger partial charge in [-0.05, 0) is 18.1 Å². The Balaban J connectivity index is 2.86. The monoisotopic (exact) mass is 270 g/mol. The number of nitrogens with zero attached hydrogens (tertiary/aromatic N) is 2. The van der Waals surface area contributed by atoms with E-state index in [9.17, 15) is 4.39 Å².